The molecule has 1 fully saturated rings. The number of ether oxygens (including phenoxy) is 1. The van der Waals surface area contributed by atoms with Crippen LogP contribution in [0.25, 0.3) is 0 Å². The summed E-state index contributed by atoms with van der Waals surface area (Å²) < 4.78 is 32.0. The zero-order valence-electron chi connectivity index (χ0n) is 17.3. The number of rotatable bonds is 8. The Morgan fingerprint density at radius 3 is 2.39 bits per heavy atom. The molecule has 2 aromatic carbocycles. The van der Waals surface area contributed by atoms with E-state index in [1.54, 1.807) is 41.4 Å². The summed E-state index contributed by atoms with van der Waals surface area (Å²) in [5, 5.41) is 4.51. The molecule has 2 aromatic rings. The number of benzene rings is 2. The van der Waals surface area contributed by atoms with Crippen molar-refractivity contribution in [2.75, 3.05) is 26.7 Å². The number of para-hydroxylation sites is 1. The number of hydrogen-bond acceptors (Lipinski definition) is 6. The zero-order valence-corrected chi connectivity index (χ0v) is 18.1. The number of sulfonamides is 1. The van der Waals surface area contributed by atoms with Crippen LogP contribution in [0.5, 0.6) is 5.75 Å². The van der Waals surface area contributed by atoms with Gasteiger partial charge in [0.1, 0.15) is 5.75 Å². The fourth-order valence-electron chi connectivity index (χ4n) is 3.26. The van der Waals surface area contributed by atoms with Crippen LogP contribution in [0.2, 0.25) is 0 Å². The largest absolute Gasteiger partial charge is 0.496 e. The Labute approximate surface area is 181 Å². The van der Waals surface area contributed by atoms with Crippen LogP contribution in [0, 0.1) is 0 Å². The number of carbonyl (C=O) groups excluding carboxylic acids is 2. The average molecular weight is 447 g/mol. The summed E-state index contributed by atoms with van der Waals surface area (Å²) in [4.78, 5) is 24.2. The Morgan fingerprint density at radius 1 is 1.03 bits per heavy atom. The van der Waals surface area contributed by atoms with E-state index in [0.29, 0.717) is 37.4 Å². The summed E-state index contributed by atoms with van der Waals surface area (Å²) in [5.74, 6) is 0.251. The number of urea groups is 1. The van der Waals surface area contributed by atoms with Crippen molar-refractivity contribution in [2.24, 2.45) is 0 Å². The lowest BCUT2D eigenvalue weighted by Crippen LogP contribution is -2.47. The summed E-state index contributed by atoms with van der Waals surface area (Å²) in [6, 6.07) is 12.3. The lowest BCUT2D eigenvalue weighted by molar-refractivity contribution is 0.0951. The number of hydrogen-bond donors (Lipinski definition) is 3. The highest BCUT2D eigenvalue weighted by Crippen LogP contribution is 2.17. The Bertz CT molecular complexity index is 1020. The third kappa shape index (κ3) is 6.19. The molecular weight excluding hydrogens is 420 g/mol. The van der Waals surface area contributed by atoms with Gasteiger partial charge in [-0.25, -0.2) is 22.9 Å². The van der Waals surface area contributed by atoms with Crippen LogP contribution in [0.1, 0.15) is 28.8 Å². The van der Waals surface area contributed by atoms with Gasteiger partial charge in [-0.3, -0.25) is 10.2 Å². The predicted octanol–water partition coefficient (Wildman–Crippen LogP) is 1.67. The molecule has 10 heteroatoms. The molecule has 0 radical (unpaired) electrons. The van der Waals surface area contributed by atoms with Crippen LogP contribution in [-0.4, -0.2) is 52.1 Å². The molecule has 31 heavy (non-hydrogen) atoms. The van der Waals surface area contributed by atoms with E-state index in [2.05, 4.69) is 10.7 Å². The quantitative estimate of drug-likeness (QED) is 0.568. The highest BCUT2D eigenvalue weighted by Gasteiger charge is 2.20. The molecule has 0 unspecified atom stereocenters. The van der Waals surface area contributed by atoms with E-state index in [-0.39, 0.29) is 10.8 Å². The monoisotopic (exact) mass is 446 g/mol. The summed E-state index contributed by atoms with van der Waals surface area (Å²) in [7, 11) is -2.46. The summed E-state index contributed by atoms with van der Waals surface area (Å²) in [6.07, 6.45) is 2.45. The van der Waals surface area contributed by atoms with Gasteiger partial charge < -0.3 is 10.1 Å². The van der Waals surface area contributed by atoms with Crippen LogP contribution in [0.15, 0.2) is 53.4 Å². The molecule has 1 aliphatic heterocycles. The molecule has 0 spiro atoms. The van der Waals surface area contributed by atoms with Crippen LogP contribution in [0.4, 0.5) is 4.79 Å². The summed E-state index contributed by atoms with van der Waals surface area (Å²) in [6.45, 7) is 1.78. The molecule has 3 amide bonds. The first-order chi connectivity index (χ1) is 14.9. The van der Waals surface area contributed by atoms with Crippen molar-refractivity contribution >= 4 is 22.0 Å². The molecular formula is C21H26N4O5S. The van der Waals surface area contributed by atoms with Crippen molar-refractivity contribution in [3.63, 3.8) is 0 Å². The Balaban J connectivity index is 1.51. The number of carbonyl (C=O) groups is 2. The normalized spacial score (nSPS) is 14.1. The van der Waals surface area contributed by atoms with Crippen molar-refractivity contribution in [1.29, 1.82) is 0 Å². The van der Waals surface area contributed by atoms with Crippen molar-refractivity contribution in [3.8, 4) is 5.75 Å². The molecule has 0 atom stereocenters. The Hall–Kier alpha value is -3.11. The van der Waals surface area contributed by atoms with E-state index in [4.69, 9.17) is 4.74 Å². The first kappa shape index (κ1) is 22.6. The van der Waals surface area contributed by atoms with Gasteiger partial charge in [-0.15, -0.1) is 0 Å². The van der Waals surface area contributed by atoms with Gasteiger partial charge in [0.25, 0.3) is 15.9 Å². The zero-order chi connectivity index (χ0) is 22.3. The SMILES string of the molecule is COc1ccccc1C(=O)NCCc1ccc(S(=O)(=O)NC(=O)NN2CCCC2)cc1. The van der Waals surface area contributed by atoms with Crippen LogP contribution < -0.4 is 20.2 Å². The fourth-order valence-corrected chi connectivity index (χ4v) is 4.16. The molecule has 0 aromatic heterocycles. The van der Waals surface area contributed by atoms with E-state index >= 15 is 0 Å². The van der Waals surface area contributed by atoms with Gasteiger partial charge in [0.15, 0.2) is 0 Å². The van der Waals surface area contributed by atoms with Crippen LogP contribution in [0.3, 0.4) is 0 Å². The second-order valence-corrected chi connectivity index (χ2v) is 8.77. The minimum atomic E-state index is -3.97. The number of hydrazine groups is 1. The third-order valence-electron chi connectivity index (χ3n) is 4.88. The molecule has 3 rings (SSSR count). The van der Waals surface area contributed by atoms with Crippen molar-refractivity contribution in [2.45, 2.75) is 24.2 Å². The maximum Gasteiger partial charge on any atom is 0.343 e. The van der Waals surface area contributed by atoms with Gasteiger partial charge in [0, 0.05) is 19.6 Å². The maximum atomic E-state index is 12.4. The molecule has 0 saturated carbocycles. The Morgan fingerprint density at radius 2 is 1.71 bits per heavy atom. The molecule has 0 bridgehead atoms. The van der Waals surface area contributed by atoms with Crippen molar-refractivity contribution in [1.82, 2.24) is 20.5 Å². The summed E-state index contributed by atoms with van der Waals surface area (Å²) >= 11 is 0. The second-order valence-electron chi connectivity index (χ2n) is 7.09. The fraction of sp³-hybridized carbons (Fsp3) is 0.333. The van der Waals surface area contributed by atoms with E-state index in [1.165, 1.54) is 19.2 Å². The smallest absolute Gasteiger partial charge is 0.343 e. The highest BCUT2D eigenvalue weighted by atomic mass is 32.2. The lowest BCUT2D eigenvalue weighted by atomic mass is 10.1. The number of nitrogens with zero attached hydrogens (tertiary/aromatic N) is 1. The molecule has 1 aliphatic rings. The minimum absolute atomic E-state index is 0.00844. The van der Waals surface area contributed by atoms with E-state index < -0.39 is 16.1 Å². The number of methoxy groups -OCH3 is 1. The third-order valence-corrected chi connectivity index (χ3v) is 6.22. The standard InChI is InChI=1S/C21H26N4O5S/c1-30-19-7-3-2-6-18(19)20(26)22-13-12-16-8-10-17(11-9-16)31(28,29)24-21(27)23-25-14-4-5-15-25/h2-3,6-11H,4-5,12-15H2,1H3,(H,22,26)(H2,23,24,27). The van der Waals surface area contributed by atoms with Gasteiger partial charge in [0.05, 0.1) is 17.6 Å². The Kier molecular flexibility index (Phi) is 7.48. The van der Waals surface area contributed by atoms with E-state index in [0.717, 1.165) is 18.4 Å². The minimum Gasteiger partial charge on any atom is -0.496 e. The van der Waals surface area contributed by atoms with Crippen LogP contribution >= 0.6 is 0 Å². The van der Waals surface area contributed by atoms with Crippen molar-refractivity contribution in [3.05, 3.63) is 59.7 Å². The van der Waals surface area contributed by atoms with Gasteiger partial charge in [0.2, 0.25) is 0 Å². The first-order valence-electron chi connectivity index (χ1n) is 9.97. The van der Waals surface area contributed by atoms with E-state index in [9.17, 15) is 18.0 Å². The number of amides is 3. The molecule has 1 heterocycles. The predicted molar refractivity (Wildman–Crippen MR) is 115 cm³/mol. The molecule has 0 aliphatic carbocycles. The van der Waals surface area contributed by atoms with Gasteiger partial charge >= 0.3 is 6.03 Å². The maximum absolute atomic E-state index is 12.4. The summed E-state index contributed by atoms with van der Waals surface area (Å²) in [5.41, 5.74) is 3.83. The van der Waals surface area contributed by atoms with Crippen molar-refractivity contribution < 1.29 is 22.7 Å². The molecule has 3 N–H and O–H groups in total. The average Bonchev–Trinajstić information content (AvgIpc) is 3.26. The number of nitrogens with one attached hydrogen (secondary N) is 3. The lowest BCUT2D eigenvalue weighted by Gasteiger charge is -2.16. The highest BCUT2D eigenvalue weighted by molar-refractivity contribution is 7.90. The van der Waals surface area contributed by atoms with Gasteiger partial charge in [-0.05, 0) is 49.1 Å². The molecule has 1 saturated heterocycles. The van der Waals surface area contributed by atoms with E-state index in [1.807, 2.05) is 4.72 Å². The van der Waals surface area contributed by atoms with Gasteiger partial charge in [-0.1, -0.05) is 24.3 Å². The first-order valence-corrected chi connectivity index (χ1v) is 11.5. The van der Waals surface area contributed by atoms with Crippen LogP contribution in [-0.2, 0) is 16.4 Å². The molecule has 166 valence electrons. The van der Waals surface area contributed by atoms with Gasteiger partial charge in [-0.2, -0.15) is 0 Å². The topological polar surface area (TPSA) is 117 Å². The second kappa shape index (κ2) is 10.3. The molecule has 9 nitrogen and oxygen atoms in total.